The third kappa shape index (κ3) is 2.10. The summed E-state index contributed by atoms with van der Waals surface area (Å²) in [5, 5.41) is 3.26. The Morgan fingerprint density at radius 2 is 1.79 bits per heavy atom. The van der Waals surface area contributed by atoms with E-state index < -0.39 is 11.6 Å². The van der Waals surface area contributed by atoms with Crippen LogP contribution in [-0.4, -0.2) is 6.54 Å². The van der Waals surface area contributed by atoms with Gasteiger partial charge in [0.05, 0.1) is 0 Å². The molecular weight excluding hydrogens is 184 g/mol. The topological polar surface area (TPSA) is 12.0 Å². The van der Waals surface area contributed by atoms with Gasteiger partial charge < -0.3 is 5.32 Å². The third-order valence-electron chi connectivity index (χ3n) is 2.60. The Hall–Kier alpha value is -0.960. The van der Waals surface area contributed by atoms with Gasteiger partial charge in [0.25, 0.3) is 0 Å². The van der Waals surface area contributed by atoms with Crippen LogP contribution in [0.4, 0.5) is 8.78 Å². The first-order valence-corrected chi connectivity index (χ1v) is 4.95. The molecule has 1 heterocycles. The molecule has 0 unspecified atom stereocenters. The fourth-order valence-electron chi connectivity index (χ4n) is 1.91. The first-order valence-electron chi connectivity index (χ1n) is 4.95. The van der Waals surface area contributed by atoms with E-state index in [1.807, 2.05) is 0 Å². The van der Waals surface area contributed by atoms with E-state index in [-0.39, 0.29) is 6.04 Å². The molecule has 0 saturated carbocycles. The highest BCUT2D eigenvalue weighted by Gasteiger charge is 2.15. The van der Waals surface area contributed by atoms with Crippen LogP contribution in [-0.2, 0) is 0 Å². The fraction of sp³-hybridized carbons (Fsp3) is 0.455. The predicted molar refractivity (Wildman–Crippen MR) is 51.0 cm³/mol. The molecule has 0 aliphatic carbocycles. The van der Waals surface area contributed by atoms with Crippen LogP contribution in [0.1, 0.15) is 30.9 Å². The number of benzene rings is 1. The van der Waals surface area contributed by atoms with E-state index in [1.54, 1.807) is 0 Å². The molecule has 0 spiro atoms. The van der Waals surface area contributed by atoms with E-state index >= 15 is 0 Å². The van der Waals surface area contributed by atoms with E-state index in [2.05, 4.69) is 5.32 Å². The molecule has 76 valence electrons. The maximum absolute atomic E-state index is 12.9. The SMILES string of the molecule is Fc1cc(F)cc([C@@H]2CCCCN2)c1. The van der Waals surface area contributed by atoms with Crippen molar-refractivity contribution in [2.45, 2.75) is 25.3 Å². The summed E-state index contributed by atoms with van der Waals surface area (Å²) < 4.78 is 25.8. The van der Waals surface area contributed by atoms with Crippen molar-refractivity contribution in [3.63, 3.8) is 0 Å². The Bertz CT molecular complexity index is 299. The van der Waals surface area contributed by atoms with Crippen LogP contribution in [0.25, 0.3) is 0 Å². The molecule has 1 nitrogen and oxygen atoms in total. The van der Waals surface area contributed by atoms with Gasteiger partial charge in [0.2, 0.25) is 0 Å². The van der Waals surface area contributed by atoms with Crippen molar-refractivity contribution in [1.82, 2.24) is 5.32 Å². The lowest BCUT2D eigenvalue weighted by Crippen LogP contribution is -2.26. The number of nitrogens with one attached hydrogen (secondary N) is 1. The molecule has 0 bridgehead atoms. The summed E-state index contributed by atoms with van der Waals surface area (Å²) in [5.41, 5.74) is 0.724. The van der Waals surface area contributed by atoms with Gasteiger partial charge in [-0.15, -0.1) is 0 Å². The molecule has 1 aliphatic heterocycles. The second-order valence-electron chi connectivity index (χ2n) is 3.71. The second-order valence-corrected chi connectivity index (χ2v) is 3.71. The van der Waals surface area contributed by atoms with Gasteiger partial charge in [-0.1, -0.05) is 6.42 Å². The van der Waals surface area contributed by atoms with Crippen molar-refractivity contribution in [2.24, 2.45) is 0 Å². The minimum absolute atomic E-state index is 0.119. The molecule has 1 fully saturated rings. The standard InChI is InChI=1S/C11H13F2N/c12-9-5-8(6-10(13)7-9)11-3-1-2-4-14-11/h5-7,11,14H,1-4H2/t11-/m0/s1. The molecule has 1 N–H and O–H groups in total. The molecule has 14 heavy (non-hydrogen) atoms. The van der Waals surface area contributed by atoms with Gasteiger partial charge in [-0.05, 0) is 37.1 Å². The highest BCUT2D eigenvalue weighted by molar-refractivity contribution is 5.21. The predicted octanol–water partition coefficient (Wildman–Crippen LogP) is 2.78. The van der Waals surface area contributed by atoms with Crippen LogP contribution in [0, 0.1) is 11.6 Å². The normalized spacial score (nSPS) is 22.3. The smallest absolute Gasteiger partial charge is 0.126 e. The lowest BCUT2D eigenvalue weighted by atomic mass is 9.97. The van der Waals surface area contributed by atoms with Crippen molar-refractivity contribution in [3.05, 3.63) is 35.4 Å². The zero-order chi connectivity index (χ0) is 9.97. The number of halogens is 2. The van der Waals surface area contributed by atoms with Crippen LogP contribution in [0.5, 0.6) is 0 Å². The molecule has 1 aromatic rings. The lowest BCUT2D eigenvalue weighted by molar-refractivity contribution is 0.409. The lowest BCUT2D eigenvalue weighted by Gasteiger charge is -2.23. The Morgan fingerprint density at radius 3 is 2.36 bits per heavy atom. The molecule has 1 aromatic carbocycles. The average Bonchev–Trinajstić information content (AvgIpc) is 2.18. The summed E-state index contributed by atoms with van der Waals surface area (Å²) in [4.78, 5) is 0. The first-order chi connectivity index (χ1) is 6.75. The van der Waals surface area contributed by atoms with Crippen LogP contribution in [0.2, 0.25) is 0 Å². The second kappa shape index (κ2) is 4.05. The molecule has 1 atom stereocenters. The summed E-state index contributed by atoms with van der Waals surface area (Å²) in [6, 6.07) is 3.85. The van der Waals surface area contributed by atoms with E-state index in [4.69, 9.17) is 0 Å². The molecular formula is C11H13F2N. The molecule has 0 amide bonds. The minimum atomic E-state index is -0.493. The van der Waals surface area contributed by atoms with Crippen molar-refractivity contribution < 1.29 is 8.78 Å². The van der Waals surface area contributed by atoms with E-state index in [1.165, 1.54) is 12.1 Å². The van der Waals surface area contributed by atoms with Gasteiger partial charge in [0.15, 0.2) is 0 Å². The average molecular weight is 197 g/mol. The Morgan fingerprint density at radius 1 is 1.07 bits per heavy atom. The molecule has 2 rings (SSSR count). The Kier molecular flexibility index (Phi) is 2.77. The van der Waals surface area contributed by atoms with Gasteiger partial charge in [-0.2, -0.15) is 0 Å². The van der Waals surface area contributed by atoms with Crippen molar-refractivity contribution >= 4 is 0 Å². The quantitative estimate of drug-likeness (QED) is 0.730. The van der Waals surface area contributed by atoms with Gasteiger partial charge >= 0.3 is 0 Å². The zero-order valence-electron chi connectivity index (χ0n) is 7.89. The monoisotopic (exact) mass is 197 g/mol. The molecule has 3 heteroatoms. The largest absolute Gasteiger partial charge is 0.310 e. The van der Waals surface area contributed by atoms with E-state index in [9.17, 15) is 8.78 Å². The maximum Gasteiger partial charge on any atom is 0.126 e. The number of piperidine rings is 1. The number of rotatable bonds is 1. The van der Waals surface area contributed by atoms with Crippen LogP contribution < -0.4 is 5.32 Å². The van der Waals surface area contributed by atoms with Gasteiger partial charge in [0, 0.05) is 12.1 Å². The van der Waals surface area contributed by atoms with Crippen molar-refractivity contribution in [3.8, 4) is 0 Å². The summed E-state index contributed by atoms with van der Waals surface area (Å²) >= 11 is 0. The maximum atomic E-state index is 12.9. The van der Waals surface area contributed by atoms with Gasteiger partial charge in [0.1, 0.15) is 11.6 Å². The van der Waals surface area contributed by atoms with Crippen molar-refractivity contribution in [1.29, 1.82) is 0 Å². The van der Waals surface area contributed by atoms with E-state index in [0.717, 1.165) is 37.4 Å². The van der Waals surface area contributed by atoms with Crippen LogP contribution >= 0.6 is 0 Å². The Balaban J connectivity index is 2.21. The fourth-order valence-corrected chi connectivity index (χ4v) is 1.91. The zero-order valence-corrected chi connectivity index (χ0v) is 7.89. The summed E-state index contributed by atoms with van der Waals surface area (Å²) in [6.07, 6.45) is 3.23. The van der Waals surface area contributed by atoms with E-state index in [0.29, 0.717) is 0 Å². The highest BCUT2D eigenvalue weighted by atomic mass is 19.1. The summed E-state index contributed by atoms with van der Waals surface area (Å²) in [5.74, 6) is -0.986. The number of hydrogen-bond donors (Lipinski definition) is 1. The molecule has 0 aromatic heterocycles. The minimum Gasteiger partial charge on any atom is -0.310 e. The molecule has 0 radical (unpaired) electrons. The van der Waals surface area contributed by atoms with Gasteiger partial charge in [-0.3, -0.25) is 0 Å². The number of hydrogen-bond acceptors (Lipinski definition) is 1. The van der Waals surface area contributed by atoms with Crippen LogP contribution in [0.3, 0.4) is 0 Å². The molecule has 1 aliphatic rings. The summed E-state index contributed by atoms with van der Waals surface area (Å²) in [7, 11) is 0. The highest BCUT2D eigenvalue weighted by Crippen LogP contribution is 2.24. The van der Waals surface area contributed by atoms with Gasteiger partial charge in [-0.25, -0.2) is 8.78 Å². The summed E-state index contributed by atoms with van der Waals surface area (Å²) in [6.45, 7) is 0.933. The third-order valence-corrected chi connectivity index (χ3v) is 2.60. The Labute approximate surface area is 82.1 Å². The first kappa shape index (κ1) is 9.59. The molecule has 1 saturated heterocycles. The van der Waals surface area contributed by atoms with Crippen LogP contribution in [0.15, 0.2) is 18.2 Å². The van der Waals surface area contributed by atoms with Crippen molar-refractivity contribution in [2.75, 3.05) is 6.54 Å².